The third kappa shape index (κ3) is 5.69. The number of hydrogen-bond donors (Lipinski definition) is 2. The van der Waals surface area contributed by atoms with Gasteiger partial charge in [0.25, 0.3) is 0 Å². The monoisotopic (exact) mass is 337 g/mol. The van der Waals surface area contributed by atoms with E-state index >= 15 is 0 Å². The molecule has 3 rings (SSSR count). The van der Waals surface area contributed by atoms with Crippen molar-refractivity contribution in [3.8, 4) is 0 Å². The Morgan fingerprint density at radius 2 is 1.58 bits per heavy atom. The number of aliphatic hydroxyl groups is 1. The molecule has 1 saturated carbocycles. The first-order valence-corrected chi connectivity index (χ1v) is 10.6. The Bertz CT molecular complexity index is 343. The van der Waals surface area contributed by atoms with E-state index in [1.807, 2.05) is 0 Å². The van der Waals surface area contributed by atoms with Gasteiger partial charge in [0.1, 0.15) is 0 Å². The van der Waals surface area contributed by atoms with Crippen LogP contribution in [-0.2, 0) is 0 Å². The minimum Gasteiger partial charge on any atom is -0.390 e. The van der Waals surface area contributed by atoms with E-state index < -0.39 is 0 Å². The Labute approximate surface area is 149 Å². The first-order chi connectivity index (χ1) is 11.7. The SMILES string of the molecule is CC1CCN(CC(O)CNC2CCN(C3CCCCC3)CC2)CC1. The highest BCUT2D eigenvalue weighted by atomic mass is 16.3. The van der Waals surface area contributed by atoms with E-state index in [0.29, 0.717) is 6.04 Å². The van der Waals surface area contributed by atoms with Crippen molar-refractivity contribution >= 4 is 0 Å². The van der Waals surface area contributed by atoms with Crippen molar-refractivity contribution in [3.05, 3.63) is 0 Å². The molecule has 2 saturated heterocycles. The summed E-state index contributed by atoms with van der Waals surface area (Å²) in [5, 5.41) is 14.0. The lowest BCUT2D eigenvalue weighted by molar-refractivity contribution is 0.0804. The normalized spacial score (nSPS) is 28.2. The van der Waals surface area contributed by atoms with Crippen LogP contribution in [0.4, 0.5) is 0 Å². The maximum atomic E-state index is 10.3. The molecule has 4 heteroatoms. The fourth-order valence-electron chi connectivity index (χ4n) is 4.82. The van der Waals surface area contributed by atoms with Crippen LogP contribution in [0.15, 0.2) is 0 Å². The lowest BCUT2D eigenvalue weighted by Crippen LogP contribution is -2.49. The van der Waals surface area contributed by atoms with E-state index in [4.69, 9.17) is 0 Å². The van der Waals surface area contributed by atoms with Crippen LogP contribution in [0.1, 0.15) is 64.7 Å². The average Bonchev–Trinajstić information content (AvgIpc) is 2.63. The van der Waals surface area contributed by atoms with Crippen LogP contribution in [0.25, 0.3) is 0 Å². The minimum absolute atomic E-state index is 0.213. The number of likely N-dealkylation sites (tertiary alicyclic amines) is 2. The highest BCUT2D eigenvalue weighted by Gasteiger charge is 2.26. The van der Waals surface area contributed by atoms with E-state index in [9.17, 15) is 5.11 Å². The second-order valence-corrected chi connectivity index (χ2v) is 8.65. The van der Waals surface area contributed by atoms with Crippen molar-refractivity contribution < 1.29 is 5.11 Å². The molecular formula is C20H39N3O. The maximum absolute atomic E-state index is 10.3. The Kier molecular flexibility index (Phi) is 7.38. The zero-order valence-corrected chi connectivity index (χ0v) is 15.8. The summed E-state index contributed by atoms with van der Waals surface area (Å²) in [6.07, 6.45) is 12.0. The number of nitrogens with zero attached hydrogens (tertiary/aromatic N) is 2. The van der Waals surface area contributed by atoms with Crippen LogP contribution in [0.5, 0.6) is 0 Å². The van der Waals surface area contributed by atoms with Gasteiger partial charge in [0.05, 0.1) is 6.10 Å². The highest BCUT2D eigenvalue weighted by Crippen LogP contribution is 2.25. The van der Waals surface area contributed by atoms with Gasteiger partial charge in [-0.25, -0.2) is 0 Å². The molecule has 0 aromatic carbocycles. The molecular weight excluding hydrogens is 298 g/mol. The van der Waals surface area contributed by atoms with Gasteiger partial charge < -0.3 is 20.2 Å². The molecule has 0 aromatic heterocycles. The summed E-state index contributed by atoms with van der Waals surface area (Å²) in [7, 11) is 0. The molecule has 24 heavy (non-hydrogen) atoms. The van der Waals surface area contributed by atoms with Crippen LogP contribution in [-0.4, -0.2) is 72.4 Å². The molecule has 1 unspecified atom stereocenters. The first kappa shape index (κ1) is 18.6. The minimum atomic E-state index is -0.213. The van der Waals surface area contributed by atoms with Gasteiger partial charge in [0, 0.05) is 25.2 Å². The molecule has 140 valence electrons. The predicted molar refractivity (Wildman–Crippen MR) is 100 cm³/mol. The second kappa shape index (κ2) is 9.51. The maximum Gasteiger partial charge on any atom is 0.0791 e. The smallest absolute Gasteiger partial charge is 0.0791 e. The number of hydrogen-bond acceptors (Lipinski definition) is 4. The van der Waals surface area contributed by atoms with Crippen molar-refractivity contribution in [2.45, 2.75) is 82.9 Å². The summed E-state index contributed by atoms with van der Waals surface area (Å²) in [4.78, 5) is 5.18. The largest absolute Gasteiger partial charge is 0.390 e. The van der Waals surface area contributed by atoms with Gasteiger partial charge in [-0.1, -0.05) is 26.2 Å². The van der Waals surface area contributed by atoms with Crippen molar-refractivity contribution in [2.24, 2.45) is 5.92 Å². The van der Waals surface area contributed by atoms with E-state index in [2.05, 4.69) is 22.0 Å². The molecule has 1 aliphatic carbocycles. The Balaban J connectivity index is 1.28. The van der Waals surface area contributed by atoms with Gasteiger partial charge in [-0.05, 0) is 70.6 Å². The summed E-state index contributed by atoms with van der Waals surface area (Å²) in [5.74, 6) is 0.867. The molecule has 0 aromatic rings. The van der Waals surface area contributed by atoms with Gasteiger partial charge in [-0.2, -0.15) is 0 Å². The summed E-state index contributed by atoms with van der Waals surface area (Å²) in [6.45, 7) is 8.79. The fourth-order valence-corrected chi connectivity index (χ4v) is 4.82. The lowest BCUT2D eigenvalue weighted by Gasteiger charge is -2.39. The fraction of sp³-hybridized carbons (Fsp3) is 1.00. The standard InChI is InChI=1S/C20H39N3O/c1-17-7-11-22(12-8-17)16-20(24)15-21-18-9-13-23(14-10-18)19-5-3-2-4-6-19/h17-21,24H,2-16H2,1H3. The Hall–Kier alpha value is -0.160. The molecule has 0 radical (unpaired) electrons. The number of rotatable bonds is 6. The topological polar surface area (TPSA) is 38.7 Å². The zero-order valence-electron chi connectivity index (χ0n) is 15.8. The van der Waals surface area contributed by atoms with Gasteiger partial charge in [0.2, 0.25) is 0 Å². The summed E-state index contributed by atoms with van der Waals surface area (Å²) in [5.41, 5.74) is 0. The predicted octanol–water partition coefficient (Wildman–Crippen LogP) is 2.47. The van der Waals surface area contributed by atoms with Crippen LogP contribution >= 0.6 is 0 Å². The first-order valence-electron chi connectivity index (χ1n) is 10.6. The van der Waals surface area contributed by atoms with E-state index in [1.165, 1.54) is 70.9 Å². The summed E-state index contributed by atoms with van der Waals surface area (Å²) < 4.78 is 0. The Morgan fingerprint density at radius 1 is 0.917 bits per heavy atom. The van der Waals surface area contributed by atoms with E-state index in [0.717, 1.165) is 38.1 Å². The van der Waals surface area contributed by atoms with Crippen molar-refractivity contribution in [2.75, 3.05) is 39.3 Å². The molecule has 2 N–H and O–H groups in total. The quantitative estimate of drug-likeness (QED) is 0.781. The summed E-state index contributed by atoms with van der Waals surface area (Å²) in [6, 6.07) is 1.48. The van der Waals surface area contributed by atoms with Gasteiger partial charge >= 0.3 is 0 Å². The van der Waals surface area contributed by atoms with Crippen molar-refractivity contribution in [1.29, 1.82) is 0 Å². The molecule has 4 nitrogen and oxygen atoms in total. The molecule has 3 fully saturated rings. The van der Waals surface area contributed by atoms with E-state index in [-0.39, 0.29) is 6.10 Å². The molecule has 0 spiro atoms. The second-order valence-electron chi connectivity index (χ2n) is 8.65. The third-order valence-electron chi connectivity index (χ3n) is 6.61. The Morgan fingerprint density at radius 3 is 2.25 bits per heavy atom. The number of β-amino-alcohol motifs (C(OH)–C–C–N with tert-alkyl or cyclic N) is 1. The lowest BCUT2D eigenvalue weighted by atomic mass is 9.92. The van der Waals surface area contributed by atoms with E-state index in [1.54, 1.807) is 0 Å². The van der Waals surface area contributed by atoms with Crippen molar-refractivity contribution in [3.63, 3.8) is 0 Å². The highest BCUT2D eigenvalue weighted by molar-refractivity contribution is 4.84. The molecule has 0 bridgehead atoms. The summed E-state index contributed by atoms with van der Waals surface area (Å²) >= 11 is 0. The third-order valence-corrected chi connectivity index (χ3v) is 6.61. The molecule has 3 aliphatic rings. The van der Waals surface area contributed by atoms with Crippen molar-refractivity contribution in [1.82, 2.24) is 15.1 Å². The van der Waals surface area contributed by atoms with Crippen LogP contribution in [0, 0.1) is 5.92 Å². The molecule has 2 heterocycles. The van der Waals surface area contributed by atoms with Gasteiger partial charge in [-0.3, -0.25) is 0 Å². The average molecular weight is 338 g/mol. The van der Waals surface area contributed by atoms with Crippen LogP contribution in [0.3, 0.4) is 0 Å². The number of piperidine rings is 2. The molecule has 0 amide bonds. The van der Waals surface area contributed by atoms with Crippen LogP contribution < -0.4 is 5.32 Å². The number of nitrogens with one attached hydrogen (secondary N) is 1. The zero-order chi connectivity index (χ0) is 16.8. The molecule has 2 aliphatic heterocycles. The van der Waals surface area contributed by atoms with Crippen LogP contribution in [0.2, 0.25) is 0 Å². The molecule has 1 atom stereocenters. The number of aliphatic hydroxyl groups excluding tert-OH is 1. The van der Waals surface area contributed by atoms with Gasteiger partial charge in [0.15, 0.2) is 0 Å². The van der Waals surface area contributed by atoms with Gasteiger partial charge in [-0.15, -0.1) is 0 Å².